The fourth-order valence-corrected chi connectivity index (χ4v) is 8.48. The molecule has 14 nitrogen and oxygen atoms in total. The zero-order chi connectivity index (χ0) is 38.1. The summed E-state index contributed by atoms with van der Waals surface area (Å²) >= 11 is 0. The minimum Gasteiger partial charge on any atom is -0.444 e. The number of nitrogens with one attached hydrogen (secondary N) is 3. The van der Waals surface area contributed by atoms with Crippen LogP contribution in [-0.2, 0) is 46.8 Å². The highest BCUT2D eigenvalue weighted by molar-refractivity contribution is 7.91. The van der Waals surface area contributed by atoms with Crippen molar-refractivity contribution >= 4 is 39.9 Å². The van der Waals surface area contributed by atoms with E-state index >= 15 is 0 Å². The van der Waals surface area contributed by atoms with Crippen LogP contribution in [0.1, 0.15) is 75.8 Å². The van der Waals surface area contributed by atoms with Crippen LogP contribution in [0.4, 0.5) is 22.8 Å². The molecule has 0 aromatic heterocycles. The lowest BCUT2D eigenvalue weighted by Crippen LogP contribution is -2.58. The van der Waals surface area contributed by atoms with Gasteiger partial charge in [-0.3, -0.25) is 19.1 Å². The van der Waals surface area contributed by atoms with Crippen LogP contribution in [0.15, 0.2) is 36.4 Å². The first-order valence-electron chi connectivity index (χ1n) is 18.0. The van der Waals surface area contributed by atoms with Gasteiger partial charge in [0.15, 0.2) is 6.10 Å². The number of nitrogens with zero attached hydrogens (tertiary/aromatic N) is 2. The maximum atomic E-state index is 14.2. The summed E-state index contributed by atoms with van der Waals surface area (Å²) in [6, 6.07) is 4.90. The van der Waals surface area contributed by atoms with E-state index in [9.17, 15) is 45.6 Å². The van der Waals surface area contributed by atoms with Crippen LogP contribution >= 0.6 is 0 Å². The first-order chi connectivity index (χ1) is 25.1. The number of hydrogen-bond acceptors (Lipinski definition) is 9. The molecule has 3 fully saturated rings. The number of ether oxygens (including phenoxy) is 2. The van der Waals surface area contributed by atoms with Crippen LogP contribution in [-0.4, -0.2) is 102 Å². The third kappa shape index (κ3) is 8.90. The van der Waals surface area contributed by atoms with Crippen LogP contribution in [0.5, 0.6) is 0 Å². The molecule has 6 rings (SSSR count). The molecule has 0 radical (unpaired) electrons. The predicted molar refractivity (Wildman–Crippen MR) is 181 cm³/mol. The van der Waals surface area contributed by atoms with Gasteiger partial charge in [0.1, 0.15) is 23.7 Å². The summed E-state index contributed by atoms with van der Waals surface area (Å²) in [5, 5.41) is 4.26. The van der Waals surface area contributed by atoms with Crippen molar-refractivity contribution in [2.24, 2.45) is 5.92 Å². The molecule has 1 unspecified atom stereocenters. The number of carbonyl (C=O) groups excluding carboxylic acids is 5. The third-order valence-electron chi connectivity index (χ3n) is 10.5. The molecule has 53 heavy (non-hydrogen) atoms. The predicted octanol–water partition coefficient (Wildman–Crippen LogP) is 3.20. The zero-order valence-corrected chi connectivity index (χ0v) is 30.0. The van der Waals surface area contributed by atoms with Gasteiger partial charge >= 0.3 is 18.4 Å². The fraction of sp³-hybridized carbons (Fsp3) is 0.629. The Balaban J connectivity index is 1.24. The van der Waals surface area contributed by atoms with Crippen molar-refractivity contribution in [3.05, 3.63) is 47.5 Å². The maximum absolute atomic E-state index is 14.2. The molecular formula is C35H44F3N5O9S. The summed E-state index contributed by atoms with van der Waals surface area (Å²) in [5.41, 5.74) is 0.420. The number of hydrogen-bond donors (Lipinski definition) is 3. The SMILES string of the molecule is CC(OC(=O)N[C@H]1CCCCCC=C[C@@H]2C[C@@]2(C(=O)NS(=O)(=O)C2CC2)NC(=O)[C@@H]2C[C@@H](OC(=O)N3CCc4ccccc4C3)CN2C1=O)C(F)(F)F. The van der Waals surface area contributed by atoms with Crippen LogP contribution in [0.2, 0.25) is 0 Å². The smallest absolute Gasteiger partial charge is 0.425 e. The van der Waals surface area contributed by atoms with Crippen LogP contribution in [0.3, 0.4) is 0 Å². The lowest BCUT2D eigenvalue weighted by atomic mass is 10.0. The molecule has 3 heterocycles. The summed E-state index contributed by atoms with van der Waals surface area (Å²) in [6.45, 7) is 1.02. The maximum Gasteiger partial charge on any atom is 0.425 e. The van der Waals surface area contributed by atoms with E-state index in [2.05, 4.69) is 20.1 Å². The van der Waals surface area contributed by atoms with Gasteiger partial charge in [0.2, 0.25) is 21.8 Å². The summed E-state index contributed by atoms with van der Waals surface area (Å²) < 4.78 is 77.4. The number of rotatable bonds is 6. The molecule has 0 bridgehead atoms. The number of fused-ring (bicyclic) bond motifs is 3. The Morgan fingerprint density at radius 1 is 1.06 bits per heavy atom. The molecule has 1 aromatic rings. The summed E-state index contributed by atoms with van der Waals surface area (Å²) in [7, 11) is -3.97. The average molecular weight is 768 g/mol. The summed E-state index contributed by atoms with van der Waals surface area (Å²) in [5.74, 6) is -3.07. The number of alkyl halides is 3. The Hall–Kier alpha value is -4.35. The first kappa shape index (κ1) is 38.4. The van der Waals surface area contributed by atoms with Gasteiger partial charge < -0.3 is 29.9 Å². The molecule has 290 valence electrons. The lowest BCUT2D eigenvalue weighted by molar-refractivity contribution is -0.197. The molecule has 18 heteroatoms. The van der Waals surface area contributed by atoms with Crippen molar-refractivity contribution in [1.82, 2.24) is 25.2 Å². The van der Waals surface area contributed by atoms with E-state index in [0.717, 1.165) is 16.0 Å². The van der Waals surface area contributed by atoms with Gasteiger partial charge in [-0.2, -0.15) is 13.2 Å². The van der Waals surface area contributed by atoms with Crippen LogP contribution < -0.4 is 15.4 Å². The Bertz CT molecular complexity index is 1750. The Morgan fingerprint density at radius 3 is 2.51 bits per heavy atom. The minimum absolute atomic E-state index is 0.00845. The molecule has 1 saturated heterocycles. The highest BCUT2D eigenvalue weighted by Crippen LogP contribution is 2.46. The molecule has 3 N–H and O–H groups in total. The third-order valence-corrected chi connectivity index (χ3v) is 12.4. The number of allylic oxidation sites excluding steroid dienone is 1. The Morgan fingerprint density at radius 2 is 1.79 bits per heavy atom. The molecule has 1 aromatic carbocycles. The number of benzene rings is 1. The van der Waals surface area contributed by atoms with E-state index in [1.807, 2.05) is 30.3 Å². The van der Waals surface area contributed by atoms with E-state index in [-0.39, 0.29) is 32.4 Å². The molecule has 5 amide bonds. The molecule has 2 aliphatic carbocycles. The number of alkyl carbamates (subject to hydrolysis) is 1. The van der Waals surface area contributed by atoms with Gasteiger partial charge in [0, 0.05) is 25.4 Å². The van der Waals surface area contributed by atoms with Gasteiger partial charge in [-0.1, -0.05) is 49.3 Å². The van der Waals surface area contributed by atoms with Gasteiger partial charge in [-0.15, -0.1) is 0 Å². The monoisotopic (exact) mass is 767 g/mol. The van der Waals surface area contributed by atoms with Gasteiger partial charge in [-0.25, -0.2) is 18.0 Å². The molecule has 5 aliphatic rings. The average Bonchev–Trinajstić information content (AvgIpc) is 4.03. The van der Waals surface area contributed by atoms with E-state index < -0.39 is 87.1 Å². The molecule has 0 spiro atoms. The van der Waals surface area contributed by atoms with Gasteiger partial charge in [0.25, 0.3) is 5.91 Å². The second-order valence-corrected chi connectivity index (χ2v) is 16.4. The largest absolute Gasteiger partial charge is 0.444 e. The number of halogens is 3. The normalized spacial score (nSPS) is 28.5. The second-order valence-electron chi connectivity index (χ2n) is 14.5. The van der Waals surface area contributed by atoms with E-state index in [1.54, 1.807) is 6.08 Å². The summed E-state index contributed by atoms with van der Waals surface area (Å²) in [4.78, 5) is 70.5. The topological polar surface area (TPSA) is 181 Å². The standard InChI is InChI=1S/C35H44F3N5O9S/c1-21(35(36,37)38)51-32(47)39-27-12-6-4-2-3-5-11-24-18-34(24,31(46)41-53(49,50)26-13-14-26)40-29(44)28-17-25(20-43(28)30(27)45)52-33(48)42-16-15-22-9-7-8-10-23(22)19-42/h5,7-11,21,24-28H,2-4,6,12-20H2,1H3,(H,39,47)(H,40,44)(H,41,46)/t21?,24-,25-,27+,28+,34-/m1/s1. The van der Waals surface area contributed by atoms with Gasteiger partial charge in [-0.05, 0) is 63.0 Å². The lowest BCUT2D eigenvalue weighted by Gasteiger charge is -2.30. The van der Waals surface area contributed by atoms with Crippen molar-refractivity contribution in [1.29, 1.82) is 0 Å². The van der Waals surface area contributed by atoms with E-state index in [0.29, 0.717) is 58.4 Å². The second kappa shape index (κ2) is 15.2. The van der Waals surface area contributed by atoms with Crippen molar-refractivity contribution in [2.45, 2.75) is 119 Å². The van der Waals surface area contributed by atoms with Crippen molar-refractivity contribution in [2.75, 3.05) is 13.1 Å². The fourth-order valence-electron chi connectivity index (χ4n) is 7.12. The van der Waals surface area contributed by atoms with Crippen LogP contribution in [0, 0.1) is 5.92 Å². The molecular weight excluding hydrogens is 723 g/mol. The number of sulfonamides is 1. The quantitative estimate of drug-likeness (QED) is 0.367. The summed E-state index contributed by atoms with van der Waals surface area (Å²) in [6.07, 6.45) is -3.41. The highest BCUT2D eigenvalue weighted by Gasteiger charge is 2.62. The van der Waals surface area contributed by atoms with Crippen molar-refractivity contribution in [3.63, 3.8) is 0 Å². The Kier molecular flexibility index (Phi) is 11.0. The van der Waals surface area contributed by atoms with Crippen molar-refractivity contribution < 1.29 is 55.0 Å². The Labute approximate surface area is 305 Å². The minimum atomic E-state index is -4.84. The van der Waals surface area contributed by atoms with E-state index in [4.69, 9.17) is 4.74 Å². The van der Waals surface area contributed by atoms with Crippen molar-refractivity contribution in [3.8, 4) is 0 Å². The molecule has 2 saturated carbocycles. The van der Waals surface area contributed by atoms with Crippen LogP contribution in [0.25, 0.3) is 0 Å². The first-order valence-corrected chi connectivity index (χ1v) is 19.5. The number of carbonyl (C=O) groups is 5. The van der Waals surface area contributed by atoms with E-state index in [1.165, 1.54) is 4.90 Å². The molecule has 6 atom stereocenters. The van der Waals surface area contributed by atoms with Gasteiger partial charge in [0.05, 0.1) is 11.8 Å². The molecule has 3 aliphatic heterocycles. The number of amides is 5. The highest BCUT2D eigenvalue weighted by atomic mass is 32.2. The zero-order valence-electron chi connectivity index (χ0n) is 29.2.